The van der Waals surface area contributed by atoms with Crippen molar-refractivity contribution in [3.63, 3.8) is 0 Å². The fourth-order valence-electron chi connectivity index (χ4n) is 2.00. The second-order valence-corrected chi connectivity index (χ2v) is 5.45. The highest BCUT2D eigenvalue weighted by Crippen LogP contribution is 2.29. The molecule has 0 spiro atoms. The predicted molar refractivity (Wildman–Crippen MR) is 63.8 cm³/mol. The maximum Gasteiger partial charge on any atom is 0.161 e. The molecule has 0 aliphatic carbocycles. The summed E-state index contributed by atoms with van der Waals surface area (Å²) in [6.45, 7) is 8.53. The van der Waals surface area contributed by atoms with Gasteiger partial charge < -0.3 is 10.1 Å². The zero-order valence-corrected chi connectivity index (χ0v) is 10.3. The third-order valence-electron chi connectivity index (χ3n) is 2.90. The number of hydrogen-bond donors (Lipinski definition) is 2. The maximum atomic E-state index is 6.00. The number of H-pyrrole nitrogens is 1. The van der Waals surface area contributed by atoms with E-state index < -0.39 is 0 Å². The molecule has 2 rings (SSSR count). The Morgan fingerprint density at radius 2 is 2.25 bits per heavy atom. The molecule has 1 aromatic heterocycles. The average molecular weight is 223 g/mol. The van der Waals surface area contributed by atoms with Crippen LogP contribution in [0.1, 0.15) is 39.3 Å². The number of hydrogen-bond acceptors (Lipinski definition) is 3. The van der Waals surface area contributed by atoms with Crippen LogP contribution < -0.4 is 10.1 Å². The van der Waals surface area contributed by atoms with Crippen LogP contribution in [0.25, 0.3) is 0 Å². The highest BCUT2D eigenvalue weighted by molar-refractivity contribution is 5.30. The first kappa shape index (κ1) is 11.5. The molecule has 1 fully saturated rings. The fourth-order valence-corrected chi connectivity index (χ4v) is 2.00. The summed E-state index contributed by atoms with van der Waals surface area (Å²) in [5.41, 5.74) is 1.13. The minimum Gasteiger partial charge on any atom is -0.485 e. The molecule has 2 heterocycles. The molecule has 4 nitrogen and oxygen atoms in total. The monoisotopic (exact) mass is 223 g/mol. The average Bonchev–Trinajstić information content (AvgIpc) is 2.67. The van der Waals surface area contributed by atoms with E-state index in [9.17, 15) is 0 Å². The van der Waals surface area contributed by atoms with Gasteiger partial charge in [-0.15, -0.1) is 0 Å². The summed E-state index contributed by atoms with van der Waals surface area (Å²) in [6.07, 6.45) is 4.39. The summed E-state index contributed by atoms with van der Waals surface area (Å²) in [5.74, 6) is 0.904. The van der Waals surface area contributed by atoms with Crippen molar-refractivity contribution in [2.75, 3.05) is 13.1 Å². The molecule has 0 saturated carbocycles. The molecule has 0 aromatic carbocycles. The van der Waals surface area contributed by atoms with Gasteiger partial charge in [-0.25, -0.2) is 0 Å². The van der Waals surface area contributed by atoms with Crippen molar-refractivity contribution in [3.8, 4) is 5.75 Å². The van der Waals surface area contributed by atoms with Crippen LogP contribution in [0.4, 0.5) is 0 Å². The van der Waals surface area contributed by atoms with E-state index in [0.29, 0.717) is 0 Å². The Bertz CT molecular complexity index is 334. The summed E-state index contributed by atoms with van der Waals surface area (Å²) in [4.78, 5) is 0. The van der Waals surface area contributed by atoms with Crippen LogP contribution >= 0.6 is 0 Å². The van der Waals surface area contributed by atoms with E-state index in [1.165, 1.54) is 6.42 Å². The number of piperidine rings is 1. The van der Waals surface area contributed by atoms with E-state index in [1.54, 1.807) is 6.20 Å². The number of aromatic nitrogens is 2. The molecular formula is C12H21N3O. The van der Waals surface area contributed by atoms with Gasteiger partial charge in [0.2, 0.25) is 0 Å². The molecule has 0 radical (unpaired) electrons. The quantitative estimate of drug-likeness (QED) is 0.804. The molecule has 1 saturated heterocycles. The Kier molecular flexibility index (Phi) is 3.19. The number of nitrogens with zero attached hydrogens (tertiary/aromatic N) is 1. The van der Waals surface area contributed by atoms with E-state index >= 15 is 0 Å². The first-order valence-corrected chi connectivity index (χ1v) is 5.98. The van der Waals surface area contributed by atoms with Crippen molar-refractivity contribution < 1.29 is 4.74 Å². The molecule has 1 aliphatic heterocycles. The summed E-state index contributed by atoms with van der Waals surface area (Å²) in [7, 11) is 0. The third-order valence-corrected chi connectivity index (χ3v) is 2.90. The van der Waals surface area contributed by atoms with Gasteiger partial charge in [-0.1, -0.05) is 20.8 Å². The summed E-state index contributed by atoms with van der Waals surface area (Å²) < 4.78 is 6.00. The summed E-state index contributed by atoms with van der Waals surface area (Å²) >= 11 is 0. The fraction of sp³-hybridized carbons (Fsp3) is 0.750. The Hall–Kier alpha value is -1.03. The molecule has 1 atom stereocenters. The van der Waals surface area contributed by atoms with Crippen LogP contribution in [0, 0.1) is 0 Å². The van der Waals surface area contributed by atoms with Crippen LogP contribution in [0.3, 0.4) is 0 Å². The minimum absolute atomic E-state index is 0.0495. The maximum absolute atomic E-state index is 6.00. The van der Waals surface area contributed by atoms with Gasteiger partial charge in [-0.3, -0.25) is 5.10 Å². The lowest BCUT2D eigenvalue weighted by atomic mass is 9.92. The molecule has 16 heavy (non-hydrogen) atoms. The Morgan fingerprint density at radius 1 is 1.44 bits per heavy atom. The van der Waals surface area contributed by atoms with Crippen molar-refractivity contribution >= 4 is 0 Å². The minimum atomic E-state index is 0.0495. The van der Waals surface area contributed by atoms with Crippen molar-refractivity contribution in [1.29, 1.82) is 0 Å². The van der Waals surface area contributed by atoms with Crippen LogP contribution in [0.5, 0.6) is 5.75 Å². The molecule has 4 heteroatoms. The molecule has 2 N–H and O–H groups in total. The normalized spacial score (nSPS) is 22.1. The van der Waals surface area contributed by atoms with Crippen molar-refractivity contribution in [2.45, 2.75) is 45.1 Å². The molecule has 90 valence electrons. The molecule has 0 bridgehead atoms. The van der Waals surface area contributed by atoms with E-state index in [-0.39, 0.29) is 11.5 Å². The zero-order valence-electron chi connectivity index (χ0n) is 10.3. The lowest BCUT2D eigenvalue weighted by molar-refractivity contribution is 0.164. The first-order valence-electron chi connectivity index (χ1n) is 5.98. The lowest BCUT2D eigenvalue weighted by Crippen LogP contribution is -2.37. The third kappa shape index (κ3) is 2.55. The van der Waals surface area contributed by atoms with Crippen LogP contribution in [0.2, 0.25) is 0 Å². The molecule has 1 aliphatic rings. The molecule has 0 amide bonds. The SMILES string of the molecule is CC(C)(C)c1[nH]ncc1OC1CCCNC1. The Balaban J connectivity index is 2.06. The van der Waals surface area contributed by atoms with Crippen LogP contribution in [0.15, 0.2) is 6.20 Å². The number of aromatic amines is 1. The van der Waals surface area contributed by atoms with Gasteiger partial charge in [-0.2, -0.15) is 5.10 Å². The van der Waals surface area contributed by atoms with Crippen LogP contribution in [-0.4, -0.2) is 29.4 Å². The number of nitrogens with one attached hydrogen (secondary N) is 2. The highest BCUT2D eigenvalue weighted by Gasteiger charge is 2.23. The second-order valence-electron chi connectivity index (χ2n) is 5.45. The van der Waals surface area contributed by atoms with Gasteiger partial charge in [0.1, 0.15) is 6.10 Å². The molecular weight excluding hydrogens is 202 g/mol. The van der Waals surface area contributed by atoms with Crippen molar-refractivity contribution in [2.24, 2.45) is 0 Å². The smallest absolute Gasteiger partial charge is 0.161 e. The number of rotatable bonds is 2. The van der Waals surface area contributed by atoms with Gasteiger partial charge >= 0.3 is 0 Å². The standard InChI is InChI=1S/C12H21N3O/c1-12(2,3)11-10(8-14-15-11)16-9-5-4-6-13-7-9/h8-9,13H,4-7H2,1-3H3,(H,14,15). The van der Waals surface area contributed by atoms with E-state index in [4.69, 9.17) is 4.74 Å². The highest BCUT2D eigenvalue weighted by atomic mass is 16.5. The lowest BCUT2D eigenvalue weighted by Gasteiger charge is -2.25. The van der Waals surface area contributed by atoms with Gasteiger partial charge in [0, 0.05) is 12.0 Å². The van der Waals surface area contributed by atoms with E-state index in [1.807, 2.05) is 0 Å². The topological polar surface area (TPSA) is 49.9 Å². The van der Waals surface area contributed by atoms with Gasteiger partial charge in [0.15, 0.2) is 5.75 Å². The van der Waals surface area contributed by atoms with Crippen molar-refractivity contribution in [1.82, 2.24) is 15.5 Å². The van der Waals surface area contributed by atoms with E-state index in [2.05, 4.69) is 36.3 Å². The van der Waals surface area contributed by atoms with Crippen LogP contribution in [-0.2, 0) is 5.41 Å². The predicted octanol–water partition coefficient (Wildman–Crippen LogP) is 1.84. The van der Waals surface area contributed by atoms with Gasteiger partial charge in [0.05, 0.1) is 11.9 Å². The number of ether oxygens (including phenoxy) is 1. The van der Waals surface area contributed by atoms with Gasteiger partial charge in [0.25, 0.3) is 0 Å². The Labute approximate surface area is 96.8 Å². The molecule has 1 unspecified atom stereocenters. The Morgan fingerprint density at radius 3 is 2.88 bits per heavy atom. The van der Waals surface area contributed by atoms with E-state index in [0.717, 1.165) is 31.0 Å². The van der Waals surface area contributed by atoms with Crippen molar-refractivity contribution in [3.05, 3.63) is 11.9 Å². The zero-order chi connectivity index (χ0) is 11.6. The largest absolute Gasteiger partial charge is 0.485 e. The van der Waals surface area contributed by atoms with Gasteiger partial charge in [-0.05, 0) is 19.4 Å². The first-order chi connectivity index (χ1) is 7.57. The second kappa shape index (κ2) is 4.45. The molecule has 1 aromatic rings. The summed E-state index contributed by atoms with van der Waals surface area (Å²) in [5, 5.41) is 10.5. The summed E-state index contributed by atoms with van der Waals surface area (Å²) in [6, 6.07) is 0.